The van der Waals surface area contributed by atoms with E-state index in [1.807, 2.05) is 53.9 Å². The molecule has 0 saturated heterocycles. The van der Waals surface area contributed by atoms with Crippen LogP contribution in [0.4, 0.5) is 0 Å². The second-order valence-corrected chi connectivity index (χ2v) is 8.08. The summed E-state index contributed by atoms with van der Waals surface area (Å²) in [6.45, 7) is 2.01. The van der Waals surface area contributed by atoms with E-state index in [4.69, 9.17) is 0 Å². The summed E-state index contributed by atoms with van der Waals surface area (Å²) in [6, 6.07) is 11.7. The number of carbonyl (C=O) groups is 1. The van der Waals surface area contributed by atoms with Crippen LogP contribution in [-0.2, 0) is 0 Å². The average Bonchev–Trinajstić information content (AvgIpc) is 3.18. The number of carbonyl (C=O) groups excluding carboxylic acids is 1. The predicted octanol–water partition coefficient (Wildman–Crippen LogP) is 3.34. The quantitative estimate of drug-likeness (QED) is 0.551. The van der Waals surface area contributed by atoms with Gasteiger partial charge in [-0.1, -0.05) is 18.2 Å². The summed E-state index contributed by atoms with van der Waals surface area (Å²) in [4.78, 5) is 29.2. The van der Waals surface area contributed by atoms with Crippen molar-refractivity contribution < 1.29 is 4.79 Å². The van der Waals surface area contributed by atoms with Crippen molar-refractivity contribution in [2.45, 2.75) is 44.6 Å². The number of rotatable bonds is 3. The average molecular weight is 401 g/mol. The van der Waals surface area contributed by atoms with Gasteiger partial charge in [-0.25, -0.2) is 10.1 Å². The Balaban J connectivity index is 1.29. The minimum atomic E-state index is -0.154. The maximum absolute atomic E-state index is 12.8. The first-order valence-corrected chi connectivity index (χ1v) is 10.3. The number of hydrogen-bond acceptors (Lipinski definition) is 4. The third-order valence-corrected chi connectivity index (χ3v) is 6.08. The van der Waals surface area contributed by atoms with Gasteiger partial charge in [0.2, 0.25) is 0 Å². The lowest BCUT2D eigenvalue weighted by molar-refractivity contribution is 0.0919. The highest BCUT2D eigenvalue weighted by atomic mass is 16.2. The van der Waals surface area contributed by atoms with Gasteiger partial charge in [0, 0.05) is 23.5 Å². The number of amides is 1. The maximum atomic E-state index is 12.8. The van der Waals surface area contributed by atoms with E-state index in [9.17, 15) is 9.59 Å². The monoisotopic (exact) mass is 401 g/mol. The van der Waals surface area contributed by atoms with E-state index < -0.39 is 0 Å². The standard InChI is InChI=1S/C23H23N5O2/c1-14-10-11-28-19(13-24-20(28)12-14)23(30)25-16-8-6-15(7-9-16)21-17-4-2-3-5-18(17)22(29)27-26-21/h2-5,10-13,15-16H,6-9H2,1H3,(H,25,30)(H,27,29). The van der Waals surface area contributed by atoms with E-state index in [2.05, 4.69) is 20.5 Å². The molecule has 1 saturated carbocycles. The Labute approximate surface area is 173 Å². The summed E-state index contributed by atoms with van der Waals surface area (Å²) >= 11 is 0. The molecule has 5 rings (SSSR count). The SMILES string of the molecule is Cc1ccn2c(C(=O)NC3CCC(c4n[nH]c(=O)c5ccccc45)CC3)cnc2c1. The molecule has 3 aromatic heterocycles. The van der Waals surface area contributed by atoms with Crippen LogP contribution < -0.4 is 10.9 Å². The molecule has 0 atom stereocenters. The Bertz CT molecular complexity index is 1300. The third-order valence-electron chi connectivity index (χ3n) is 6.08. The molecule has 1 aliphatic carbocycles. The zero-order valence-electron chi connectivity index (χ0n) is 16.8. The fourth-order valence-corrected chi connectivity index (χ4v) is 4.47. The second kappa shape index (κ2) is 7.40. The van der Waals surface area contributed by atoms with Gasteiger partial charge in [-0.15, -0.1) is 0 Å². The molecule has 0 unspecified atom stereocenters. The number of imidazole rings is 1. The van der Waals surface area contributed by atoms with Gasteiger partial charge in [0.05, 0.1) is 17.3 Å². The van der Waals surface area contributed by atoms with E-state index in [1.165, 1.54) is 0 Å². The van der Waals surface area contributed by atoms with Crippen LogP contribution >= 0.6 is 0 Å². The number of benzene rings is 1. The van der Waals surface area contributed by atoms with Crippen molar-refractivity contribution in [1.29, 1.82) is 0 Å². The second-order valence-electron chi connectivity index (χ2n) is 8.08. The van der Waals surface area contributed by atoms with Crippen LogP contribution in [0.2, 0.25) is 0 Å². The van der Waals surface area contributed by atoms with E-state index in [-0.39, 0.29) is 23.4 Å². The molecule has 152 valence electrons. The molecule has 0 bridgehead atoms. The number of nitrogens with zero attached hydrogens (tertiary/aromatic N) is 3. The first kappa shape index (κ1) is 18.5. The molecule has 7 nitrogen and oxygen atoms in total. The number of aromatic nitrogens is 4. The Morgan fingerprint density at radius 3 is 2.70 bits per heavy atom. The fraction of sp³-hybridized carbons (Fsp3) is 0.304. The molecule has 7 heteroatoms. The molecular weight excluding hydrogens is 378 g/mol. The van der Waals surface area contributed by atoms with Crippen LogP contribution in [-0.4, -0.2) is 31.5 Å². The lowest BCUT2D eigenvalue weighted by atomic mass is 9.82. The zero-order valence-corrected chi connectivity index (χ0v) is 16.8. The minimum Gasteiger partial charge on any atom is -0.348 e. The van der Waals surface area contributed by atoms with Gasteiger partial charge < -0.3 is 5.32 Å². The first-order valence-electron chi connectivity index (χ1n) is 10.3. The van der Waals surface area contributed by atoms with Crippen molar-refractivity contribution in [3.05, 3.63) is 76.1 Å². The van der Waals surface area contributed by atoms with Crippen molar-refractivity contribution in [2.24, 2.45) is 0 Å². The van der Waals surface area contributed by atoms with Crippen molar-refractivity contribution in [3.8, 4) is 0 Å². The lowest BCUT2D eigenvalue weighted by Gasteiger charge is -2.29. The van der Waals surface area contributed by atoms with Crippen molar-refractivity contribution in [2.75, 3.05) is 0 Å². The molecule has 1 amide bonds. The number of fused-ring (bicyclic) bond motifs is 2. The Hall–Kier alpha value is -3.48. The van der Waals surface area contributed by atoms with E-state index >= 15 is 0 Å². The smallest absolute Gasteiger partial charge is 0.272 e. The highest BCUT2D eigenvalue weighted by Gasteiger charge is 2.27. The molecule has 30 heavy (non-hydrogen) atoms. The van der Waals surface area contributed by atoms with Gasteiger partial charge >= 0.3 is 0 Å². The highest BCUT2D eigenvalue weighted by molar-refractivity contribution is 5.93. The van der Waals surface area contributed by atoms with E-state index in [0.717, 1.165) is 48.0 Å². The van der Waals surface area contributed by atoms with Crippen LogP contribution in [0.15, 0.2) is 53.6 Å². The summed E-state index contributed by atoms with van der Waals surface area (Å²) in [5, 5.41) is 11.8. The van der Waals surface area contributed by atoms with Crippen LogP contribution in [0.1, 0.15) is 53.3 Å². The van der Waals surface area contributed by atoms with Crippen LogP contribution in [0.25, 0.3) is 16.4 Å². The van der Waals surface area contributed by atoms with Gasteiger partial charge in [-0.05, 0) is 56.4 Å². The van der Waals surface area contributed by atoms with Crippen LogP contribution in [0, 0.1) is 6.92 Å². The zero-order chi connectivity index (χ0) is 20.7. The highest BCUT2D eigenvalue weighted by Crippen LogP contribution is 2.34. The topological polar surface area (TPSA) is 92.1 Å². The van der Waals surface area contributed by atoms with E-state index in [0.29, 0.717) is 11.1 Å². The largest absolute Gasteiger partial charge is 0.348 e. The van der Waals surface area contributed by atoms with Crippen molar-refractivity contribution in [1.82, 2.24) is 24.9 Å². The fourth-order valence-electron chi connectivity index (χ4n) is 4.47. The maximum Gasteiger partial charge on any atom is 0.272 e. The third kappa shape index (κ3) is 3.26. The summed E-state index contributed by atoms with van der Waals surface area (Å²) < 4.78 is 1.82. The van der Waals surface area contributed by atoms with Gasteiger partial charge in [-0.2, -0.15) is 5.10 Å². The summed E-state index contributed by atoms with van der Waals surface area (Å²) in [5.41, 5.74) is 3.24. The number of pyridine rings is 1. The van der Waals surface area contributed by atoms with Gasteiger partial charge in [0.15, 0.2) is 0 Å². The molecule has 1 fully saturated rings. The number of H-pyrrole nitrogens is 1. The van der Waals surface area contributed by atoms with Gasteiger partial charge in [-0.3, -0.25) is 14.0 Å². The predicted molar refractivity (Wildman–Crippen MR) is 115 cm³/mol. The molecule has 0 radical (unpaired) electrons. The lowest BCUT2D eigenvalue weighted by Crippen LogP contribution is -2.38. The van der Waals surface area contributed by atoms with Crippen LogP contribution in [0.5, 0.6) is 0 Å². The first-order chi connectivity index (χ1) is 14.6. The number of aryl methyl sites for hydroxylation is 1. The minimum absolute atomic E-state index is 0.0950. The molecule has 0 aliphatic heterocycles. The Morgan fingerprint density at radius 2 is 1.90 bits per heavy atom. The number of aromatic amines is 1. The number of nitrogens with one attached hydrogen (secondary N) is 2. The molecule has 3 heterocycles. The molecular formula is C23H23N5O2. The summed E-state index contributed by atoms with van der Waals surface area (Å²) in [6.07, 6.45) is 7.10. The van der Waals surface area contributed by atoms with Gasteiger partial charge in [0.1, 0.15) is 11.3 Å². The number of hydrogen-bond donors (Lipinski definition) is 2. The molecule has 1 aliphatic rings. The van der Waals surface area contributed by atoms with Gasteiger partial charge in [0.25, 0.3) is 11.5 Å². The normalized spacial score (nSPS) is 19.2. The molecule has 0 spiro atoms. The van der Waals surface area contributed by atoms with Crippen molar-refractivity contribution in [3.63, 3.8) is 0 Å². The molecule has 1 aromatic carbocycles. The van der Waals surface area contributed by atoms with Crippen molar-refractivity contribution >= 4 is 22.3 Å². The molecule has 2 N–H and O–H groups in total. The summed E-state index contributed by atoms with van der Waals surface area (Å²) in [7, 11) is 0. The van der Waals surface area contributed by atoms with Crippen LogP contribution in [0.3, 0.4) is 0 Å². The molecule has 4 aromatic rings. The van der Waals surface area contributed by atoms with E-state index in [1.54, 1.807) is 6.20 Å². The Kier molecular flexibility index (Phi) is 4.58. The Morgan fingerprint density at radius 1 is 1.13 bits per heavy atom. The summed E-state index contributed by atoms with van der Waals surface area (Å²) in [5.74, 6) is 0.182.